The van der Waals surface area contributed by atoms with Gasteiger partial charge in [-0.2, -0.15) is 0 Å². The second-order valence-corrected chi connectivity index (χ2v) is 5.28. The van der Waals surface area contributed by atoms with E-state index in [-0.39, 0.29) is 11.6 Å². The maximum absolute atomic E-state index is 13.2. The maximum atomic E-state index is 13.2. The topological polar surface area (TPSA) is 55.1 Å². The molecule has 0 fully saturated rings. The number of hydrogen-bond acceptors (Lipinski definition) is 3. The third-order valence-electron chi connectivity index (χ3n) is 2.89. The van der Waals surface area contributed by atoms with Crippen LogP contribution in [0.5, 0.6) is 0 Å². The van der Waals surface area contributed by atoms with Gasteiger partial charge in [-0.15, -0.1) is 0 Å². The molecule has 0 unspecified atom stereocenters. The third-order valence-corrected chi connectivity index (χ3v) is 3.83. The molecule has 1 N–H and O–H groups in total. The lowest BCUT2D eigenvalue weighted by atomic mass is 10.2. The molecule has 20 heavy (non-hydrogen) atoms. The Bertz CT molecular complexity index is 640. The summed E-state index contributed by atoms with van der Waals surface area (Å²) in [4.78, 5) is 15.0. The van der Waals surface area contributed by atoms with Crippen molar-refractivity contribution in [2.75, 3.05) is 5.75 Å². The predicted octanol–water partition coefficient (Wildman–Crippen LogP) is 3.06. The average Bonchev–Trinajstić information content (AvgIpc) is 2.79. The van der Waals surface area contributed by atoms with Gasteiger partial charge in [0.2, 0.25) is 0 Å². The fraction of sp³-hybridized carbons (Fsp3) is 0.286. The van der Waals surface area contributed by atoms with Crippen LogP contribution in [-0.2, 0) is 11.2 Å². The van der Waals surface area contributed by atoms with Gasteiger partial charge in [-0.1, -0.05) is 18.7 Å². The van der Waals surface area contributed by atoms with Gasteiger partial charge in [0.15, 0.2) is 5.16 Å². The largest absolute Gasteiger partial charge is 0.481 e. The highest BCUT2D eigenvalue weighted by molar-refractivity contribution is 7.99. The third kappa shape index (κ3) is 3.01. The number of carbonyl (C=O) groups is 1. The summed E-state index contributed by atoms with van der Waals surface area (Å²) in [5, 5.41) is 9.39. The zero-order chi connectivity index (χ0) is 14.7. The van der Waals surface area contributed by atoms with Crippen LogP contribution < -0.4 is 0 Å². The standard InChI is InChI=1S/C14H15FN2O2S/c1-3-11-7-16-14(20-8-13(18)19)17(11)12-5-4-10(15)6-9(12)2/h4-7H,3,8H2,1-2H3,(H,18,19). The molecule has 0 saturated carbocycles. The lowest BCUT2D eigenvalue weighted by molar-refractivity contribution is -0.133. The summed E-state index contributed by atoms with van der Waals surface area (Å²) in [7, 11) is 0. The van der Waals surface area contributed by atoms with Gasteiger partial charge in [0.05, 0.1) is 11.4 Å². The molecular weight excluding hydrogens is 279 g/mol. The van der Waals surface area contributed by atoms with Crippen molar-refractivity contribution in [1.82, 2.24) is 9.55 Å². The zero-order valence-corrected chi connectivity index (χ0v) is 12.1. The predicted molar refractivity (Wildman–Crippen MR) is 76.0 cm³/mol. The Kier molecular flexibility index (Phi) is 4.44. The highest BCUT2D eigenvalue weighted by atomic mass is 32.2. The summed E-state index contributed by atoms with van der Waals surface area (Å²) in [5.74, 6) is -1.23. The number of hydrogen-bond donors (Lipinski definition) is 1. The minimum Gasteiger partial charge on any atom is -0.481 e. The Balaban J connectivity index is 2.47. The number of carboxylic acid groups (broad SMARTS) is 1. The van der Waals surface area contributed by atoms with Crippen LogP contribution in [0.1, 0.15) is 18.2 Å². The molecule has 0 bridgehead atoms. The van der Waals surface area contributed by atoms with Crippen molar-refractivity contribution in [3.05, 3.63) is 41.5 Å². The van der Waals surface area contributed by atoms with Gasteiger partial charge in [-0.3, -0.25) is 9.36 Å². The average molecular weight is 294 g/mol. The summed E-state index contributed by atoms with van der Waals surface area (Å²) in [6, 6.07) is 4.55. The summed E-state index contributed by atoms with van der Waals surface area (Å²) < 4.78 is 15.1. The fourth-order valence-corrected chi connectivity index (χ4v) is 2.70. The molecule has 0 aliphatic heterocycles. The highest BCUT2D eigenvalue weighted by Crippen LogP contribution is 2.26. The van der Waals surface area contributed by atoms with E-state index in [1.54, 1.807) is 12.3 Å². The van der Waals surface area contributed by atoms with Crippen LogP contribution in [0.15, 0.2) is 29.6 Å². The molecule has 1 aromatic heterocycles. The molecular formula is C14H15FN2O2S. The Hall–Kier alpha value is -1.82. The first-order valence-corrected chi connectivity index (χ1v) is 7.19. The van der Waals surface area contributed by atoms with Gasteiger partial charge < -0.3 is 5.11 Å². The van der Waals surface area contributed by atoms with Crippen molar-refractivity contribution < 1.29 is 14.3 Å². The lowest BCUT2D eigenvalue weighted by Crippen LogP contribution is -2.05. The Morgan fingerprint density at radius 2 is 2.25 bits per heavy atom. The Labute approximate surface area is 120 Å². The van der Waals surface area contributed by atoms with E-state index < -0.39 is 5.97 Å². The van der Waals surface area contributed by atoms with Crippen LogP contribution in [0.25, 0.3) is 5.69 Å². The van der Waals surface area contributed by atoms with Crippen LogP contribution in [0.2, 0.25) is 0 Å². The molecule has 106 valence electrons. The summed E-state index contributed by atoms with van der Waals surface area (Å²) >= 11 is 1.16. The monoisotopic (exact) mass is 294 g/mol. The normalized spacial score (nSPS) is 10.8. The van der Waals surface area contributed by atoms with Crippen LogP contribution in [0, 0.1) is 12.7 Å². The fourth-order valence-electron chi connectivity index (χ4n) is 1.97. The molecule has 4 nitrogen and oxygen atoms in total. The Morgan fingerprint density at radius 3 is 2.85 bits per heavy atom. The van der Waals surface area contributed by atoms with E-state index in [2.05, 4.69) is 4.98 Å². The van der Waals surface area contributed by atoms with Gasteiger partial charge >= 0.3 is 5.97 Å². The van der Waals surface area contributed by atoms with Crippen LogP contribution in [-0.4, -0.2) is 26.4 Å². The van der Waals surface area contributed by atoms with E-state index in [1.165, 1.54) is 12.1 Å². The summed E-state index contributed by atoms with van der Waals surface area (Å²) in [5.41, 5.74) is 2.58. The van der Waals surface area contributed by atoms with E-state index in [0.717, 1.165) is 35.1 Å². The SMILES string of the molecule is CCc1cnc(SCC(=O)O)n1-c1ccc(F)cc1C. The van der Waals surface area contributed by atoms with Gasteiger partial charge in [0.1, 0.15) is 5.82 Å². The molecule has 6 heteroatoms. The molecule has 0 radical (unpaired) electrons. The van der Waals surface area contributed by atoms with Gasteiger partial charge in [0, 0.05) is 11.9 Å². The minimum atomic E-state index is -0.890. The van der Waals surface area contributed by atoms with Gasteiger partial charge in [0.25, 0.3) is 0 Å². The number of aliphatic carboxylic acids is 1. The van der Waals surface area contributed by atoms with Crippen molar-refractivity contribution >= 4 is 17.7 Å². The lowest BCUT2D eigenvalue weighted by Gasteiger charge is -2.13. The molecule has 1 aromatic carbocycles. The molecule has 2 aromatic rings. The summed E-state index contributed by atoms with van der Waals surface area (Å²) in [6.07, 6.45) is 2.49. The number of rotatable bonds is 5. The number of aromatic nitrogens is 2. The molecule has 0 saturated heterocycles. The van der Waals surface area contributed by atoms with Gasteiger partial charge in [-0.25, -0.2) is 9.37 Å². The quantitative estimate of drug-likeness (QED) is 0.861. The maximum Gasteiger partial charge on any atom is 0.313 e. The second-order valence-electron chi connectivity index (χ2n) is 4.33. The van der Waals surface area contributed by atoms with Crippen molar-refractivity contribution in [1.29, 1.82) is 0 Å². The number of aryl methyl sites for hydroxylation is 2. The zero-order valence-electron chi connectivity index (χ0n) is 11.3. The van der Waals surface area contributed by atoms with Crippen LogP contribution in [0.3, 0.4) is 0 Å². The number of benzene rings is 1. The molecule has 0 spiro atoms. The van der Waals surface area contributed by atoms with Crippen molar-refractivity contribution in [3.8, 4) is 5.69 Å². The first-order chi connectivity index (χ1) is 9.52. The molecule has 0 amide bonds. The molecule has 0 aliphatic rings. The second kappa shape index (κ2) is 6.09. The number of carboxylic acids is 1. The molecule has 0 atom stereocenters. The van der Waals surface area contributed by atoms with Crippen molar-refractivity contribution in [3.63, 3.8) is 0 Å². The highest BCUT2D eigenvalue weighted by Gasteiger charge is 2.14. The van der Waals surface area contributed by atoms with Crippen LogP contribution in [0.4, 0.5) is 4.39 Å². The molecule has 0 aliphatic carbocycles. The number of imidazole rings is 1. The number of halogens is 1. The van der Waals surface area contributed by atoms with Gasteiger partial charge in [-0.05, 0) is 37.1 Å². The smallest absolute Gasteiger partial charge is 0.313 e. The number of nitrogens with zero attached hydrogens (tertiary/aromatic N) is 2. The number of thioether (sulfide) groups is 1. The first-order valence-electron chi connectivity index (χ1n) is 6.20. The minimum absolute atomic E-state index is 0.0551. The Morgan fingerprint density at radius 1 is 1.50 bits per heavy atom. The molecule has 1 heterocycles. The molecule has 2 rings (SSSR count). The van der Waals surface area contributed by atoms with E-state index >= 15 is 0 Å². The van der Waals surface area contributed by atoms with E-state index in [4.69, 9.17) is 5.11 Å². The van der Waals surface area contributed by atoms with E-state index in [0.29, 0.717) is 5.16 Å². The van der Waals surface area contributed by atoms with Crippen molar-refractivity contribution in [2.45, 2.75) is 25.4 Å². The van der Waals surface area contributed by atoms with E-state index in [9.17, 15) is 9.18 Å². The van der Waals surface area contributed by atoms with Crippen LogP contribution >= 0.6 is 11.8 Å². The van der Waals surface area contributed by atoms with Crippen molar-refractivity contribution in [2.24, 2.45) is 0 Å². The van der Waals surface area contributed by atoms with E-state index in [1.807, 2.05) is 18.4 Å². The summed E-state index contributed by atoms with van der Waals surface area (Å²) in [6.45, 7) is 3.82. The first kappa shape index (κ1) is 14.6.